The number of rotatable bonds is 7. The van der Waals surface area contributed by atoms with Crippen molar-refractivity contribution in [2.45, 2.75) is 33.3 Å². The van der Waals surface area contributed by atoms with E-state index in [2.05, 4.69) is 10.1 Å². The van der Waals surface area contributed by atoms with E-state index in [4.69, 9.17) is 14.0 Å². The van der Waals surface area contributed by atoms with Crippen molar-refractivity contribution in [3.8, 4) is 17.1 Å². The Morgan fingerprint density at radius 1 is 1.25 bits per heavy atom. The lowest BCUT2D eigenvalue weighted by Crippen LogP contribution is -2.17. The lowest BCUT2D eigenvalue weighted by atomic mass is 10.1. The Bertz CT molecular complexity index is 971. The number of hydrogen-bond donors (Lipinski definition) is 0. The maximum absolute atomic E-state index is 13.7. The molecule has 1 atom stereocenters. The molecule has 0 saturated carbocycles. The summed E-state index contributed by atoms with van der Waals surface area (Å²) in [5, 5.41) is 3.83. The average molecular weight is 384 g/mol. The van der Waals surface area contributed by atoms with Crippen LogP contribution >= 0.6 is 0 Å². The van der Waals surface area contributed by atoms with Crippen LogP contribution in [0, 0.1) is 12.7 Å². The number of benzene rings is 2. The highest BCUT2D eigenvalue weighted by Gasteiger charge is 2.20. The predicted octanol–water partition coefficient (Wildman–Crippen LogP) is 4.43. The van der Waals surface area contributed by atoms with Gasteiger partial charge in [-0.15, -0.1) is 0 Å². The van der Waals surface area contributed by atoms with Gasteiger partial charge in [-0.25, -0.2) is 9.18 Å². The van der Waals surface area contributed by atoms with Crippen molar-refractivity contribution < 1.29 is 23.2 Å². The van der Waals surface area contributed by atoms with Gasteiger partial charge < -0.3 is 14.0 Å². The molecule has 1 unspecified atom stereocenters. The smallest absolute Gasteiger partial charge is 0.344 e. The fourth-order valence-electron chi connectivity index (χ4n) is 2.60. The number of aromatic nitrogens is 2. The highest BCUT2D eigenvalue weighted by molar-refractivity contribution is 5.71. The Labute approximate surface area is 162 Å². The fourth-order valence-corrected chi connectivity index (χ4v) is 2.60. The van der Waals surface area contributed by atoms with Crippen LogP contribution in [0.15, 0.2) is 47.0 Å². The second-order valence-electron chi connectivity index (χ2n) is 6.30. The van der Waals surface area contributed by atoms with Gasteiger partial charge in [0, 0.05) is 5.56 Å². The van der Waals surface area contributed by atoms with Gasteiger partial charge in [0.05, 0.1) is 0 Å². The second-order valence-corrected chi connectivity index (χ2v) is 6.30. The maximum atomic E-state index is 13.7. The molecular weight excluding hydrogens is 363 g/mol. The van der Waals surface area contributed by atoms with E-state index < -0.39 is 12.1 Å². The van der Waals surface area contributed by atoms with Gasteiger partial charge in [-0.1, -0.05) is 42.4 Å². The van der Waals surface area contributed by atoms with Crippen LogP contribution in [0.4, 0.5) is 4.39 Å². The van der Waals surface area contributed by atoms with Gasteiger partial charge in [0.1, 0.15) is 11.6 Å². The van der Waals surface area contributed by atoms with E-state index in [9.17, 15) is 9.18 Å². The van der Waals surface area contributed by atoms with Crippen LogP contribution < -0.4 is 4.74 Å². The minimum Gasteiger partial charge on any atom is -0.482 e. The largest absolute Gasteiger partial charge is 0.482 e. The van der Waals surface area contributed by atoms with Crippen LogP contribution in [-0.2, 0) is 16.0 Å². The zero-order chi connectivity index (χ0) is 20.1. The molecule has 2 aromatic carbocycles. The summed E-state index contributed by atoms with van der Waals surface area (Å²) in [5.74, 6) is 0.0895. The molecule has 0 aliphatic rings. The van der Waals surface area contributed by atoms with Crippen molar-refractivity contribution in [1.82, 2.24) is 10.1 Å². The van der Waals surface area contributed by atoms with Crippen LogP contribution in [0.1, 0.15) is 37.0 Å². The zero-order valence-electron chi connectivity index (χ0n) is 15.9. The molecule has 0 saturated heterocycles. The third-order valence-corrected chi connectivity index (χ3v) is 4.23. The number of esters is 1. The van der Waals surface area contributed by atoms with Crippen LogP contribution in [0.25, 0.3) is 11.4 Å². The quantitative estimate of drug-likeness (QED) is 0.561. The summed E-state index contributed by atoms with van der Waals surface area (Å²) in [6.07, 6.45) is 0.0421. The molecule has 146 valence electrons. The molecule has 1 heterocycles. The van der Waals surface area contributed by atoms with E-state index in [1.54, 1.807) is 32.0 Å². The molecule has 3 rings (SSSR count). The number of halogens is 1. The summed E-state index contributed by atoms with van der Waals surface area (Å²) in [7, 11) is 0. The van der Waals surface area contributed by atoms with E-state index in [1.807, 2.05) is 25.1 Å². The second kappa shape index (κ2) is 8.65. The first-order valence-corrected chi connectivity index (χ1v) is 8.98. The molecule has 3 aromatic rings. The van der Waals surface area contributed by atoms with Crippen molar-refractivity contribution in [2.75, 3.05) is 6.61 Å². The molecule has 1 aromatic heterocycles. The van der Waals surface area contributed by atoms with Gasteiger partial charge in [-0.05, 0) is 43.5 Å². The summed E-state index contributed by atoms with van der Waals surface area (Å²) in [6, 6.07) is 12.2. The standard InChI is InChI=1S/C21H21FN2O4/c1-4-15-7-5-6-8-18(15)26-12-19(25)27-14(3)21-23-20(24-28-21)16-10-9-13(2)17(22)11-16/h5-11,14H,4,12H2,1-3H3. The number of carbonyl (C=O) groups is 1. The molecule has 28 heavy (non-hydrogen) atoms. The summed E-state index contributed by atoms with van der Waals surface area (Å²) < 4.78 is 29.7. The normalized spacial score (nSPS) is 11.9. The number of nitrogens with zero attached hydrogens (tertiary/aromatic N) is 2. The number of hydrogen-bond acceptors (Lipinski definition) is 6. The van der Waals surface area contributed by atoms with Crippen molar-refractivity contribution >= 4 is 5.97 Å². The van der Waals surface area contributed by atoms with Crippen molar-refractivity contribution in [3.05, 3.63) is 65.3 Å². The molecule has 0 fully saturated rings. The first-order valence-electron chi connectivity index (χ1n) is 8.98. The van der Waals surface area contributed by atoms with Crippen molar-refractivity contribution in [3.63, 3.8) is 0 Å². The van der Waals surface area contributed by atoms with E-state index >= 15 is 0 Å². The van der Waals surface area contributed by atoms with Gasteiger partial charge in [0.15, 0.2) is 12.7 Å². The zero-order valence-corrected chi connectivity index (χ0v) is 15.9. The van der Waals surface area contributed by atoms with Gasteiger partial charge >= 0.3 is 5.97 Å². The summed E-state index contributed by atoms with van der Waals surface area (Å²) in [6.45, 7) is 5.06. The monoisotopic (exact) mass is 384 g/mol. The van der Waals surface area contributed by atoms with Crippen LogP contribution in [0.3, 0.4) is 0 Å². The Morgan fingerprint density at radius 3 is 2.79 bits per heavy atom. The molecular formula is C21H21FN2O4. The molecule has 0 spiro atoms. The van der Waals surface area contributed by atoms with Gasteiger partial charge in [0.25, 0.3) is 5.89 Å². The SMILES string of the molecule is CCc1ccccc1OCC(=O)OC(C)c1nc(-c2ccc(C)c(F)c2)no1. The molecule has 0 aliphatic heterocycles. The third kappa shape index (κ3) is 4.54. The van der Waals surface area contributed by atoms with E-state index in [1.165, 1.54) is 6.07 Å². The predicted molar refractivity (Wildman–Crippen MR) is 100 cm³/mol. The molecule has 0 radical (unpaired) electrons. The Morgan fingerprint density at radius 2 is 2.04 bits per heavy atom. The maximum Gasteiger partial charge on any atom is 0.344 e. The highest BCUT2D eigenvalue weighted by atomic mass is 19.1. The highest BCUT2D eigenvalue weighted by Crippen LogP contribution is 2.23. The lowest BCUT2D eigenvalue weighted by molar-refractivity contribution is -0.152. The molecule has 0 N–H and O–H groups in total. The topological polar surface area (TPSA) is 74.5 Å². The van der Waals surface area contributed by atoms with E-state index in [0.717, 1.165) is 12.0 Å². The molecule has 7 heteroatoms. The van der Waals surface area contributed by atoms with Gasteiger partial charge in [0.2, 0.25) is 5.82 Å². The molecule has 0 bridgehead atoms. The Balaban J connectivity index is 1.60. The van der Waals surface area contributed by atoms with Crippen molar-refractivity contribution in [1.29, 1.82) is 0 Å². The number of para-hydroxylation sites is 1. The number of aryl methyl sites for hydroxylation is 2. The minimum absolute atomic E-state index is 0.123. The fraction of sp³-hybridized carbons (Fsp3) is 0.286. The molecule has 0 aliphatic carbocycles. The van der Waals surface area contributed by atoms with Crippen LogP contribution in [0.5, 0.6) is 5.75 Å². The Hall–Kier alpha value is -3.22. The lowest BCUT2D eigenvalue weighted by Gasteiger charge is -2.12. The number of ether oxygens (including phenoxy) is 2. The Kier molecular flexibility index (Phi) is 6.03. The van der Waals surface area contributed by atoms with Gasteiger partial charge in [-0.2, -0.15) is 4.98 Å². The molecule has 0 amide bonds. The van der Waals surface area contributed by atoms with Crippen LogP contribution in [-0.4, -0.2) is 22.7 Å². The van der Waals surface area contributed by atoms with Crippen LogP contribution in [0.2, 0.25) is 0 Å². The average Bonchev–Trinajstić information content (AvgIpc) is 3.19. The first-order chi connectivity index (χ1) is 13.5. The minimum atomic E-state index is -0.755. The summed E-state index contributed by atoms with van der Waals surface area (Å²) >= 11 is 0. The first kappa shape index (κ1) is 19.5. The van der Waals surface area contributed by atoms with E-state index in [-0.39, 0.29) is 24.1 Å². The number of carbonyl (C=O) groups excluding carboxylic acids is 1. The van der Waals surface area contributed by atoms with E-state index in [0.29, 0.717) is 16.9 Å². The van der Waals surface area contributed by atoms with Crippen molar-refractivity contribution in [2.24, 2.45) is 0 Å². The summed E-state index contributed by atoms with van der Waals surface area (Å²) in [4.78, 5) is 16.3. The third-order valence-electron chi connectivity index (χ3n) is 4.23. The van der Waals surface area contributed by atoms with Gasteiger partial charge in [-0.3, -0.25) is 0 Å². The summed E-state index contributed by atoms with van der Waals surface area (Å²) in [5.41, 5.74) is 2.02. The molecule has 6 nitrogen and oxygen atoms in total.